The summed E-state index contributed by atoms with van der Waals surface area (Å²) in [5.41, 5.74) is -0.0429. The van der Waals surface area contributed by atoms with Gasteiger partial charge in [-0.25, -0.2) is 13.8 Å². The number of rotatable bonds is 3. The molecule has 0 bridgehead atoms. The standard InChI is InChI=1S/C14H11ClF2N2O/c1-8(12-10(16)5-2-6-11(12)17)19-14(20)9-4-3-7-18-13(9)15/h2-8H,1H3,(H,19,20). The van der Waals surface area contributed by atoms with E-state index in [2.05, 4.69) is 10.3 Å². The van der Waals surface area contributed by atoms with Crippen molar-refractivity contribution in [2.24, 2.45) is 0 Å². The summed E-state index contributed by atoms with van der Waals surface area (Å²) in [4.78, 5) is 15.8. The lowest BCUT2D eigenvalue weighted by Gasteiger charge is -2.16. The highest BCUT2D eigenvalue weighted by Crippen LogP contribution is 2.21. The molecule has 1 heterocycles. The van der Waals surface area contributed by atoms with Crippen molar-refractivity contribution in [1.82, 2.24) is 10.3 Å². The van der Waals surface area contributed by atoms with Crippen molar-refractivity contribution in [3.05, 3.63) is 64.4 Å². The fourth-order valence-corrected chi connectivity index (χ4v) is 2.03. The van der Waals surface area contributed by atoms with E-state index in [1.54, 1.807) is 6.07 Å². The molecule has 20 heavy (non-hydrogen) atoms. The van der Waals surface area contributed by atoms with E-state index in [-0.39, 0.29) is 16.3 Å². The van der Waals surface area contributed by atoms with Gasteiger partial charge in [-0.3, -0.25) is 4.79 Å². The van der Waals surface area contributed by atoms with Crippen LogP contribution < -0.4 is 5.32 Å². The number of aromatic nitrogens is 1. The maximum Gasteiger partial charge on any atom is 0.254 e. The first-order valence-electron chi connectivity index (χ1n) is 5.86. The Balaban J connectivity index is 2.22. The van der Waals surface area contributed by atoms with Crippen LogP contribution in [0.25, 0.3) is 0 Å². The Bertz CT molecular complexity index is 629. The molecule has 2 rings (SSSR count). The van der Waals surface area contributed by atoms with Crippen molar-refractivity contribution in [1.29, 1.82) is 0 Å². The first kappa shape index (κ1) is 14.4. The minimum absolute atomic E-state index is 0.0335. The topological polar surface area (TPSA) is 42.0 Å². The van der Waals surface area contributed by atoms with E-state index in [1.807, 2.05) is 0 Å². The Morgan fingerprint density at radius 2 is 1.90 bits per heavy atom. The lowest BCUT2D eigenvalue weighted by molar-refractivity contribution is 0.0938. The van der Waals surface area contributed by atoms with E-state index in [1.165, 1.54) is 25.3 Å². The number of hydrogen-bond acceptors (Lipinski definition) is 2. The van der Waals surface area contributed by atoms with Gasteiger partial charge in [0.05, 0.1) is 11.6 Å². The number of carbonyl (C=O) groups is 1. The molecule has 0 saturated heterocycles. The molecule has 1 amide bonds. The lowest BCUT2D eigenvalue weighted by Crippen LogP contribution is -2.28. The van der Waals surface area contributed by atoms with Crippen LogP contribution in [0.1, 0.15) is 28.9 Å². The second-order valence-corrected chi connectivity index (χ2v) is 4.53. The third-order valence-corrected chi connectivity index (χ3v) is 3.09. The van der Waals surface area contributed by atoms with Crippen molar-refractivity contribution in [3.8, 4) is 0 Å². The minimum Gasteiger partial charge on any atom is -0.345 e. The zero-order valence-electron chi connectivity index (χ0n) is 10.5. The quantitative estimate of drug-likeness (QED) is 0.881. The molecule has 0 saturated carbocycles. The highest BCUT2D eigenvalue weighted by Gasteiger charge is 2.19. The van der Waals surface area contributed by atoms with Crippen molar-refractivity contribution in [2.45, 2.75) is 13.0 Å². The molecular weight excluding hydrogens is 286 g/mol. The molecule has 0 radical (unpaired) electrons. The number of nitrogens with zero attached hydrogens (tertiary/aromatic N) is 1. The predicted molar refractivity (Wildman–Crippen MR) is 71.5 cm³/mol. The molecule has 104 valence electrons. The first-order valence-corrected chi connectivity index (χ1v) is 6.23. The molecule has 2 aromatic rings. The summed E-state index contributed by atoms with van der Waals surface area (Å²) in [5.74, 6) is -1.97. The van der Waals surface area contributed by atoms with Crippen molar-refractivity contribution in [2.75, 3.05) is 0 Å². The number of amides is 1. The number of halogens is 3. The average molecular weight is 297 g/mol. The Morgan fingerprint density at radius 3 is 2.50 bits per heavy atom. The zero-order chi connectivity index (χ0) is 14.7. The van der Waals surface area contributed by atoms with Gasteiger partial charge in [-0.15, -0.1) is 0 Å². The summed E-state index contributed by atoms with van der Waals surface area (Å²) >= 11 is 5.79. The third kappa shape index (κ3) is 2.93. The molecule has 1 aromatic carbocycles. The summed E-state index contributed by atoms with van der Waals surface area (Å²) < 4.78 is 27.2. The Labute approximate surface area is 119 Å². The molecule has 0 fully saturated rings. The molecule has 1 N–H and O–H groups in total. The summed E-state index contributed by atoms with van der Waals surface area (Å²) in [6, 6.07) is 5.74. The van der Waals surface area contributed by atoms with Gasteiger partial charge in [0, 0.05) is 11.8 Å². The van der Waals surface area contributed by atoms with Gasteiger partial charge in [0.15, 0.2) is 0 Å². The zero-order valence-corrected chi connectivity index (χ0v) is 11.3. The number of pyridine rings is 1. The van der Waals surface area contributed by atoms with E-state index in [0.717, 1.165) is 12.1 Å². The Hall–Kier alpha value is -2.01. The summed E-state index contributed by atoms with van der Waals surface area (Å²) in [6.45, 7) is 1.49. The maximum absolute atomic E-state index is 13.6. The molecule has 6 heteroatoms. The van der Waals surface area contributed by atoms with Gasteiger partial charge in [-0.1, -0.05) is 17.7 Å². The largest absolute Gasteiger partial charge is 0.345 e. The van der Waals surface area contributed by atoms with Crippen molar-refractivity contribution in [3.63, 3.8) is 0 Å². The van der Waals surface area contributed by atoms with Crippen LogP contribution in [0.15, 0.2) is 36.5 Å². The van der Waals surface area contributed by atoms with E-state index in [0.29, 0.717) is 0 Å². The number of benzene rings is 1. The van der Waals surface area contributed by atoms with Crippen LogP contribution in [0.5, 0.6) is 0 Å². The molecule has 1 unspecified atom stereocenters. The Kier molecular flexibility index (Phi) is 4.29. The smallest absolute Gasteiger partial charge is 0.254 e. The fourth-order valence-electron chi connectivity index (χ4n) is 1.83. The van der Waals surface area contributed by atoms with Crippen LogP contribution >= 0.6 is 11.6 Å². The van der Waals surface area contributed by atoms with Crippen LogP contribution in [-0.4, -0.2) is 10.9 Å². The van der Waals surface area contributed by atoms with Gasteiger partial charge >= 0.3 is 0 Å². The van der Waals surface area contributed by atoms with Crippen molar-refractivity contribution >= 4 is 17.5 Å². The van der Waals surface area contributed by atoms with Crippen LogP contribution in [0.4, 0.5) is 8.78 Å². The predicted octanol–water partition coefficient (Wildman–Crippen LogP) is 3.50. The maximum atomic E-state index is 13.6. The Morgan fingerprint density at radius 1 is 1.25 bits per heavy atom. The second-order valence-electron chi connectivity index (χ2n) is 4.17. The monoisotopic (exact) mass is 296 g/mol. The molecular formula is C14H11ClF2N2O. The van der Waals surface area contributed by atoms with Crippen LogP contribution in [0.3, 0.4) is 0 Å². The lowest BCUT2D eigenvalue weighted by atomic mass is 10.1. The van der Waals surface area contributed by atoms with E-state index < -0.39 is 23.6 Å². The normalized spacial score (nSPS) is 12.0. The fraction of sp³-hybridized carbons (Fsp3) is 0.143. The minimum atomic E-state index is -0.833. The third-order valence-electron chi connectivity index (χ3n) is 2.78. The summed E-state index contributed by atoms with van der Waals surface area (Å²) in [7, 11) is 0. The van der Waals surface area contributed by atoms with Gasteiger partial charge < -0.3 is 5.32 Å². The summed E-state index contributed by atoms with van der Waals surface area (Å²) in [6.07, 6.45) is 1.44. The SMILES string of the molecule is CC(NC(=O)c1cccnc1Cl)c1c(F)cccc1F. The highest BCUT2D eigenvalue weighted by atomic mass is 35.5. The van der Waals surface area contributed by atoms with Crippen LogP contribution in [0.2, 0.25) is 5.15 Å². The molecule has 0 aliphatic rings. The van der Waals surface area contributed by atoms with E-state index >= 15 is 0 Å². The van der Waals surface area contributed by atoms with Crippen LogP contribution in [-0.2, 0) is 0 Å². The first-order chi connectivity index (χ1) is 9.50. The molecule has 1 aromatic heterocycles. The van der Waals surface area contributed by atoms with E-state index in [9.17, 15) is 13.6 Å². The number of nitrogens with one attached hydrogen (secondary N) is 1. The van der Waals surface area contributed by atoms with E-state index in [4.69, 9.17) is 11.6 Å². The molecule has 3 nitrogen and oxygen atoms in total. The molecule has 1 atom stereocenters. The van der Waals surface area contributed by atoms with Gasteiger partial charge in [0.25, 0.3) is 5.91 Å². The van der Waals surface area contributed by atoms with Gasteiger partial charge in [0.2, 0.25) is 0 Å². The second kappa shape index (κ2) is 5.96. The van der Waals surface area contributed by atoms with Gasteiger partial charge in [-0.2, -0.15) is 0 Å². The highest BCUT2D eigenvalue weighted by molar-refractivity contribution is 6.32. The molecule has 0 aliphatic heterocycles. The van der Waals surface area contributed by atoms with Gasteiger partial charge in [0.1, 0.15) is 16.8 Å². The summed E-state index contributed by atoms with van der Waals surface area (Å²) in [5, 5.41) is 2.53. The van der Waals surface area contributed by atoms with Gasteiger partial charge in [-0.05, 0) is 31.2 Å². The average Bonchev–Trinajstić information content (AvgIpc) is 2.38. The molecule has 0 aliphatic carbocycles. The number of hydrogen-bond donors (Lipinski definition) is 1. The molecule has 0 spiro atoms. The number of carbonyl (C=O) groups excluding carboxylic acids is 1. The van der Waals surface area contributed by atoms with Crippen molar-refractivity contribution < 1.29 is 13.6 Å². The van der Waals surface area contributed by atoms with Crippen LogP contribution in [0, 0.1) is 11.6 Å².